The first kappa shape index (κ1) is 16.6. The fourth-order valence-corrected chi connectivity index (χ4v) is 1.78. The van der Waals surface area contributed by atoms with Crippen molar-refractivity contribution in [1.82, 2.24) is 0 Å². The van der Waals surface area contributed by atoms with Crippen LogP contribution in [0.4, 0.5) is 5.69 Å². The largest absolute Gasteiger partial charge is 0.395 e. The van der Waals surface area contributed by atoms with Crippen LogP contribution in [0.1, 0.15) is 38.7 Å². The predicted octanol–water partition coefficient (Wildman–Crippen LogP) is 3.45. The highest BCUT2D eigenvalue weighted by molar-refractivity contribution is 6.31. The van der Waals surface area contributed by atoms with E-state index in [4.69, 9.17) is 16.7 Å². The Morgan fingerprint density at radius 3 is 2.90 bits per heavy atom. The highest BCUT2D eigenvalue weighted by Gasteiger charge is 2.10. The summed E-state index contributed by atoms with van der Waals surface area (Å²) >= 11 is 5.96. The third-order valence-corrected chi connectivity index (χ3v) is 3.18. The molecule has 1 aromatic rings. The van der Waals surface area contributed by atoms with Gasteiger partial charge in [0.15, 0.2) is 0 Å². The summed E-state index contributed by atoms with van der Waals surface area (Å²) in [6, 6.07) is 5.19. The van der Waals surface area contributed by atoms with Crippen LogP contribution in [0.15, 0.2) is 18.2 Å². The summed E-state index contributed by atoms with van der Waals surface area (Å²) < 4.78 is 0. The summed E-state index contributed by atoms with van der Waals surface area (Å²) in [4.78, 5) is 11.9. The lowest BCUT2D eigenvalue weighted by molar-refractivity contribution is -0.117. The van der Waals surface area contributed by atoms with Crippen molar-refractivity contribution in [2.45, 2.75) is 33.1 Å². The van der Waals surface area contributed by atoms with Gasteiger partial charge >= 0.3 is 0 Å². The zero-order valence-electron chi connectivity index (χ0n) is 11.9. The van der Waals surface area contributed by atoms with Crippen LogP contribution in [0.2, 0.25) is 5.02 Å². The van der Waals surface area contributed by atoms with Gasteiger partial charge in [-0.3, -0.25) is 4.79 Å². The lowest BCUT2D eigenvalue weighted by Crippen LogP contribution is -2.15. The molecule has 1 aromatic carbocycles. The van der Waals surface area contributed by atoms with E-state index in [9.17, 15) is 4.79 Å². The Morgan fingerprint density at radius 1 is 1.50 bits per heavy atom. The molecule has 108 valence electrons. The molecule has 20 heavy (non-hydrogen) atoms. The Bertz CT molecular complexity index is 517. The molecule has 0 aromatic heterocycles. The van der Waals surface area contributed by atoms with E-state index in [-0.39, 0.29) is 12.5 Å². The maximum atomic E-state index is 11.9. The van der Waals surface area contributed by atoms with Crippen LogP contribution in [0.25, 0.3) is 0 Å². The molecule has 0 saturated heterocycles. The number of hydrogen-bond donors (Lipinski definition) is 2. The lowest BCUT2D eigenvalue weighted by atomic mass is 10.0. The summed E-state index contributed by atoms with van der Waals surface area (Å²) in [7, 11) is 0. The standard InChI is InChI=1S/C16H20ClNO2/c1-3-12(2)10-16(20)18-15-11-14(17)8-7-13(15)6-4-5-9-19/h7-8,11-12,19H,3,5,9-10H2,1-2H3,(H,18,20). The summed E-state index contributed by atoms with van der Waals surface area (Å²) in [6.07, 6.45) is 1.85. The number of aliphatic hydroxyl groups excluding tert-OH is 1. The fourth-order valence-electron chi connectivity index (χ4n) is 1.60. The molecule has 1 unspecified atom stereocenters. The van der Waals surface area contributed by atoms with Crippen LogP contribution in [0.5, 0.6) is 0 Å². The zero-order chi connectivity index (χ0) is 15.0. The number of rotatable bonds is 5. The first-order chi connectivity index (χ1) is 9.56. The number of benzene rings is 1. The van der Waals surface area contributed by atoms with Gasteiger partial charge in [0.25, 0.3) is 0 Å². The van der Waals surface area contributed by atoms with Gasteiger partial charge in [-0.05, 0) is 24.1 Å². The van der Waals surface area contributed by atoms with Crippen LogP contribution in [0, 0.1) is 17.8 Å². The van der Waals surface area contributed by atoms with Crippen molar-refractivity contribution >= 4 is 23.2 Å². The Kier molecular flexibility index (Phi) is 7.14. The Morgan fingerprint density at radius 2 is 2.25 bits per heavy atom. The number of carbonyl (C=O) groups excluding carboxylic acids is 1. The Hall–Kier alpha value is -1.50. The molecule has 0 aliphatic rings. The molecule has 1 atom stereocenters. The number of carbonyl (C=O) groups is 1. The summed E-state index contributed by atoms with van der Waals surface area (Å²) in [5.41, 5.74) is 1.33. The van der Waals surface area contributed by atoms with E-state index >= 15 is 0 Å². The van der Waals surface area contributed by atoms with Crippen molar-refractivity contribution in [3.8, 4) is 11.8 Å². The smallest absolute Gasteiger partial charge is 0.224 e. The Labute approximate surface area is 125 Å². The van der Waals surface area contributed by atoms with Crippen LogP contribution in [-0.2, 0) is 4.79 Å². The van der Waals surface area contributed by atoms with Gasteiger partial charge in [0.05, 0.1) is 12.3 Å². The second kappa shape index (κ2) is 8.63. The normalized spacial score (nSPS) is 11.4. The number of hydrogen-bond acceptors (Lipinski definition) is 2. The van der Waals surface area contributed by atoms with Crippen LogP contribution >= 0.6 is 11.6 Å². The van der Waals surface area contributed by atoms with Crippen LogP contribution in [-0.4, -0.2) is 17.6 Å². The number of aliphatic hydroxyl groups is 1. The maximum absolute atomic E-state index is 11.9. The predicted molar refractivity (Wildman–Crippen MR) is 82.7 cm³/mol. The van der Waals surface area contributed by atoms with Gasteiger partial charge in [-0.15, -0.1) is 0 Å². The summed E-state index contributed by atoms with van der Waals surface area (Å²) in [5, 5.41) is 12.1. The molecule has 0 aliphatic carbocycles. The first-order valence-electron chi connectivity index (χ1n) is 6.76. The molecule has 0 bridgehead atoms. The topological polar surface area (TPSA) is 49.3 Å². The molecule has 0 heterocycles. The number of amides is 1. The second-order valence-electron chi connectivity index (χ2n) is 4.73. The quantitative estimate of drug-likeness (QED) is 0.817. The molecule has 3 nitrogen and oxygen atoms in total. The van der Waals surface area contributed by atoms with E-state index in [0.29, 0.717) is 35.0 Å². The van der Waals surface area contributed by atoms with Crippen molar-refractivity contribution in [3.63, 3.8) is 0 Å². The average molecular weight is 294 g/mol. The van der Waals surface area contributed by atoms with Gasteiger partial charge in [-0.1, -0.05) is 43.7 Å². The Balaban J connectivity index is 2.85. The van der Waals surface area contributed by atoms with Crippen molar-refractivity contribution in [2.75, 3.05) is 11.9 Å². The van der Waals surface area contributed by atoms with E-state index in [1.54, 1.807) is 18.2 Å². The van der Waals surface area contributed by atoms with Crippen molar-refractivity contribution < 1.29 is 9.90 Å². The molecule has 0 saturated carbocycles. The van der Waals surface area contributed by atoms with Gasteiger partial charge in [0.1, 0.15) is 0 Å². The van der Waals surface area contributed by atoms with Gasteiger partial charge in [-0.2, -0.15) is 0 Å². The number of nitrogens with one attached hydrogen (secondary N) is 1. The van der Waals surface area contributed by atoms with Crippen LogP contribution in [0.3, 0.4) is 0 Å². The van der Waals surface area contributed by atoms with Gasteiger partial charge in [-0.25, -0.2) is 0 Å². The molecule has 2 N–H and O–H groups in total. The van der Waals surface area contributed by atoms with Crippen molar-refractivity contribution in [3.05, 3.63) is 28.8 Å². The molecule has 4 heteroatoms. The molecule has 0 radical (unpaired) electrons. The molecular weight excluding hydrogens is 274 g/mol. The molecule has 1 amide bonds. The molecule has 0 aliphatic heterocycles. The SMILES string of the molecule is CCC(C)CC(=O)Nc1cc(Cl)ccc1C#CCCO. The molecule has 0 fully saturated rings. The van der Waals surface area contributed by atoms with E-state index in [1.807, 2.05) is 6.92 Å². The van der Waals surface area contributed by atoms with Crippen molar-refractivity contribution in [2.24, 2.45) is 5.92 Å². The summed E-state index contributed by atoms with van der Waals surface area (Å²) in [5.74, 6) is 6.08. The first-order valence-corrected chi connectivity index (χ1v) is 7.13. The van der Waals surface area contributed by atoms with Gasteiger partial charge in [0, 0.05) is 23.4 Å². The minimum Gasteiger partial charge on any atom is -0.395 e. The van der Waals surface area contributed by atoms with E-state index in [0.717, 1.165) is 6.42 Å². The molecular formula is C16H20ClNO2. The lowest BCUT2D eigenvalue weighted by Gasteiger charge is -2.11. The minimum absolute atomic E-state index is 0.0241. The van der Waals surface area contributed by atoms with Crippen LogP contribution < -0.4 is 5.32 Å². The monoisotopic (exact) mass is 293 g/mol. The highest BCUT2D eigenvalue weighted by Crippen LogP contribution is 2.21. The maximum Gasteiger partial charge on any atom is 0.224 e. The van der Waals surface area contributed by atoms with Gasteiger partial charge < -0.3 is 10.4 Å². The number of halogens is 1. The highest BCUT2D eigenvalue weighted by atomic mass is 35.5. The third-order valence-electron chi connectivity index (χ3n) is 2.95. The summed E-state index contributed by atoms with van der Waals surface area (Å²) in [6.45, 7) is 4.12. The van der Waals surface area contributed by atoms with E-state index in [1.165, 1.54) is 0 Å². The zero-order valence-corrected chi connectivity index (χ0v) is 12.6. The minimum atomic E-state index is -0.0353. The second-order valence-corrected chi connectivity index (χ2v) is 5.17. The third kappa shape index (κ3) is 5.64. The van der Waals surface area contributed by atoms with Gasteiger partial charge in [0.2, 0.25) is 5.91 Å². The average Bonchev–Trinajstić information content (AvgIpc) is 2.41. The number of anilines is 1. The van der Waals surface area contributed by atoms with E-state index < -0.39 is 0 Å². The molecule has 1 rings (SSSR count). The molecule has 0 spiro atoms. The fraction of sp³-hybridized carbons (Fsp3) is 0.438. The van der Waals surface area contributed by atoms with E-state index in [2.05, 4.69) is 24.1 Å². The van der Waals surface area contributed by atoms with Crippen molar-refractivity contribution in [1.29, 1.82) is 0 Å².